The number of aromatic nitrogens is 2. The van der Waals surface area contributed by atoms with Crippen LogP contribution in [0.4, 0.5) is 5.82 Å². The number of anilines is 1. The van der Waals surface area contributed by atoms with Crippen molar-refractivity contribution >= 4 is 17.2 Å². The zero-order valence-corrected chi connectivity index (χ0v) is 11.5. The molecule has 0 aromatic carbocycles. The van der Waals surface area contributed by atoms with E-state index in [-0.39, 0.29) is 0 Å². The molecular weight excluding hydrogens is 242 g/mol. The number of nitrogens with one attached hydrogen (secondary N) is 1. The van der Waals surface area contributed by atoms with Crippen molar-refractivity contribution in [1.82, 2.24) is 9.97 Å². The predicted octanol–water partition coefficient (Wildman–Crippen LogP) is 3.69. The van der Waals surface area contributed by atoms with E-state index in [1.807, 2.05) is 7.05 Å². The largest absolute Gasteiger partial charge is 0.373 e. The molecular formula is C14H17N3S. The highest BCUT2D eigenvalue weighted by atomic mass is 32.1. The second-order valence-corrected chi connectivity index (χ2v) is 5.81. The summed E-state index contributed by atoms with van der Waals surface area (Å²) in [4.78, 5) is 11.8. The maximum atomic E-state index is 4.72. The van der Waals surface area contributed by atoms with Crippen molar-refractivity contribution < 1.29 is 0 Å². The molecule has 1 aliphatic rings. The van der Waals surface area contributed by atoms with E-state index in [1.165, 1.54) is 28.3 Å². The van der Waals surface area contributed by atoms with E-state index in [0.717, 1.165) is 18.1 Å². The Balaban J connectivity index is 2.01. The first-order valence-corrected chi connectivity index (χ1v) is 7.27. The number of hydrogen-bond donors (Lipinski definition) is 1. The van der Waals surface area contributed by atoms with Gasteiger partial charge in [-0.3, -0.25) is 0 Å². The van der Waals surface area contributed by atoms with Crippen LogP contribution >= 0.6 is 11.3 Å². The van der Waals surface area contributed by atoms with Gasteiger partial charge in [-0.25, -0.2) is 9.97 Å². The van der Waals surface area contributed by atoms with Crippen LogP contribution in [-0.4, -0.2) is 17.0 Å². The van der Waals surface area contributed by atoms with E-state index in [0.29, 0.717) is 5.92 Å². The lowest BCUT2D eigenvalue weighted by Crippen LogP contribution is -1.99. The average Bonchev–Trinajstić information content (AvgIpc) is 3.16. The molecule has 0 aliphatic heterocycles. The van der Waals surface area contributed by atoms with Gasteiger partial charge in [-0.2, -0.15) is 0 Å². The molecule has 2 heterocycles. The van der Waals surface area contributed by atoms with Crippen LogP contribution in [0, 0.1) is 0 Å². The van der Waals surface area contributed by atoms with Crippen LogP contribution in [0.1, 0.15) is 36.3 Å². The first-order chi connectivity index (χ1) is 8.80. The quantitative estimate of drug-likeness (QED) is 0.910. The summed E-state index contributed by atoms with van der Waals surface area (Å²) in [5.74, 6) is 2.45. The van der Waals surface area contributed by atoms with Gasteiger partial charge in [-0.05, 0) is 31.4 Å². The lowest BCUT2D eigenvalue weighted by atomic mass is 10.2. The third-order valence-corrected chi connectivity index (χ3v) is 4.45. The minimum atomic E-state index is 0.657. The summed E-state index contributed by atoms with van der Waals surface area (Å²) in [6.45, 7) is 2.18. The van der Waals surface area contributed by atoms with Crippen molar-refractivity contribution in [3.05, 3.63) is 28.8 Å². The molecule has 0 unspecified atom stereocenters. The summed E-state index contributed by atoms with van der Waals surface area (Å²) in [6.07, 6.45) is 3.61. The molecule has 0 atom stereocenters. The molecule has 4 heteroatoms. The molecule has 1 aliphatic carbocycles. The third kappa shape index (κ3) is 2.25. The van der Waals surface area contributed by atoms with Gasteiger partial charge >= 0.3 is 0 Å². The molecule has 1 N–H and O–H groups in total. The van der Waals surface area contributed by atoms with Crippen molar-refractivity contribution in [1.29, 1.82) is 0 Å². The predicted molar refractivity (Wildman–Crippen MR) is 76.2 cm³/mol. The van der Waals surface area contributed by atoms with E-state index in [2.05, 4.69) is 35.4 Å². The highest BCUT2D eigenvalue weighted by Crippen LogP contribution is 2.40. The molecule has 0 bridgehead atoms. The van der Waals surface area contributed by atoms with Gasteiger partial charge in [0.1, 0.15) is 5.82 Å². The van der Waals surface area contributed by atoms with E-state index >= 15 is 0 Å². The second-order valence-electron chi connectivity index (χ2n) is 4.65. The number of hydrogen-bond acceptors (Lipinski definition) is 4. The van der Waals surface area contributed by atoms with Gasteiger partial charge in [0, 0.05) is 29.6 Å². The normalized spacial score (nSPS) is 14.8. The van der Waals surface area contributed by atoms with Gasteiger partial charge in [-0.15, -0.1) is 11.3 Å². The van der Waals surface area contributed by atoms with E-state index in [4.69, 9.17) is 4.98 Å². The van der Waals surface area contributed by atoms with Gasteiger partial charge in [0.05, 0.1) is 4.88 Å². The smallest absolute Gasteiger partial charge is 0.171 e. The van der Waals surface area contributed by atoms with E-state index < -0.39 is 0 Å². The molecule has 94 valence electrons. The first-order valence-electron chi connectivity index (χ1n) is 6.46. The number of thiophene rings is 1. The molecule has 0 radical (unpaired) electrons. The second kappa shape index (κ2) is 4.69. The van der Waals surface area contributed by atoms with Crippen LogP contribution in [0.2, 0.25) is 0 Å². The molecule has 3 rings (SSSR count). The Labute approximate surface area is 111 Å². The monoisotopic (exact) mass is 259 g/mol. The summed E-state index contributed by atoms with van der Waals surface area (Å²) in [5, 5.41) is 3.13. The fourth-order valence-electron chi connectivity index (χ4n) is 1.98. The summed E-state index contributed by atoms with van der Waals surface area (Å²) in [5.41, 5.74) is 1.19. The third-order valence-electron chi connectivity index (χ3n) is 3.23. The zero-order chi connectivity index (χ0) is 12.5. The molecule has 2 aromatic heterocycles. The fraction of sp³-hybridized carbons (Fsp3) is 0.429. The van der Waals surface area contributed by atoms with Gasteiger partial charge < -0.3 is 5.32 Å². The maximum absolute atomic E-state index is 4.72. The van der Waals surface area contributed by atoms with Gasteiger partial charge in [0.2, 0.25) is 0 Å². The summed E-state index contributed by atoms with van der Waals surface area (Å²) in [7, 11) is 1.91. The molecule has 0 spiro atoms. The molecule has 0 saturated heterocycles. The van der Waals surface area contributed by atoms with Crippen LogP contribution in [0.15, 0.2) is 18.2 Å². The number of aryl methyl sites for hydroxylation is 1. The van der Waals surface area contributed by atoms with E-state index in [9.17, 15) is 0 Å². The lowest BCUT2D eigenvalue weighted by molar-refractivity contribution is 0.997. The Morgan fingerprint density at radius 2 is 2.17 bits per heavy atom. The summed E-state index contributed by atoms with van der Waals surface area (Å²) in [6, 6.07) is 6.39. The standard InChI is InChI=1S/C14H17N3S/c1-3-10-6-7-12(18-10)14-16-11(9-4-5-9)8-13(15-2)17-14/h6-9H,3-5H2,1-2H3,(H,15,16,17). The fourth-order valence-corrected chi connectivity index (χ4v) is 2.86. The van der Waals surface area contributed by atoms with Crippen LogP contribution < -0.4 is 5.32 Å². The SMILES string of the molecule is CCc1ccc(-c2nc(NC)cc(C3CC3)n2)s1. The average molecular weight is 259 g/mol. The highest BCUT2D eigenvalue weighted by Gasteiger charge is 2.26. The Kier molecular flexibility index (Phi) is 3.04. The Morgan fingerprint density at radius 3 is 2.78 bits per heavy atom. The summed E-state index contributed by atoms with van der Waals surface area (Å²) >= 11 is 1.79. The first kappa shape index (κ1) is 11.7. The molecule has 0 amide bonds. The van der Waals surface area contributed by atoms with E-state index in [1.54, 1.807) is 11.3 Å². The Morgan fingerprint density at radius 1 is 1.33 bits per heavy atom. The topological polar surface area (TPSA) is 37.8 Å². The Bertz CT molecular complexity index is 558. The van der Waals surface area contributed by atoms with Crippen molar-refractivity contribution in [3.63, 3.8) is 0 Å². The zero-order valence-electron chi connectivity index (χ0n) is 10.7. The van der Waals surface area contributed by atoms with Crippen molar-refractivity contribution in [2.45, 2.75) is 32.1 Å². The minimum Gasteiger partial charge on any atom is -0.373 e. The number of nitrogens with zero attached hydrogens (tertiary/aromatic N) is 2. The highest BCUT2D eigenvalue weighted by molar-refractivity contribution is 7.15. The molecule has 18 heavy (non-hydrogen) atoms. The molecule has 2 aromatic rings. The van der Waals surface area contributed by atoms with Crippen LogP contribution in [0.5, 0.6) is 0 Å². The maximum Gasteiger partial charge on any atom is 0.171 e. The molecule has 3 nitrogen and oxygen atoms in total. The number of rotatable bonds is 4. The van der Waals surface area contributed by atoms with Crippen molar-refractivity contribution in [2.24, 2.45) is 0 Å². The lowest BCUT2D eigenvalue weighted by Gasteiger charge is -2.05. The van der Waals surface area contributed by atoms with Crippen LogP contribution in [-0.2, 0) is 6.42 Å². The van der Waals surface area contributed by atoms with Gasteiger partial charge in [0.25, 0.3) is 0 Å². The molecule has 1 saturated carbocycles. The van der Waals surface area contributed by atoms with Gasteiger partial charge in [0.15, 0.2) is 5.82 Å². The Hall–Kier alpha value is -1.42. The van der Waals surface area contributed by atoms with Crippen LogP contribution in [0.3, 0.4) is 0 Å². The van der Waals surface area contributed by atoms with Crippen LogP contribution in [0.25, 0.3) is 10.7 Å². The van der Waals surface area contributed by atoms with Gasteiger partial charge in [-0.1, -0.05) is 6.92 Å². The minimum absolute atomic E-state index is 0.657. The summed E-state index contributed by atoms with van der Waals surface area (Å²) < 4.78 is 0. The van der Waals surface area contributed by atoms with Crippen molar-refractivity contribution in [3.8, 4) is 10.7 Å². The van der Waals surface area contributed by atoms with Crippen molar-refractivity contribution in [2.75, 3.05) is 12.4 Å². The molecule has 1 fully saturated rings.